The van der Waals surface area contributed by atoms with Gasteiger partial charge in [0, 0.05) is 20.3 Å². The SMILES string of the molecule is COCCC(C)(C)CNc1ccc(C(=O)O)nn1. The van der Waals surface area contributed by atoms with Crippen LogP contribution in [-0.4, -0.2) is 41.5 Å². The maximum Gasteiger partial charge on any atom is 0.356 e. The molecule has 0 saturated heterocycles. The van der Waals surface area contributed by atoms with Crippen LogP contribution in [0.4, 0.5) is 5.82 Å². The Morgan fingerprint density at radius 1 is 1.44 bits per heavy atom. The summed E-state index contributed by atoms with van der Waals surface area (Å²) in [6.45, 7) is 5.67. The van der Waals surface area contributed by atoms with Gasteiger partial charge in [-0.05, 0) is 24.0 Å². The van der Waals surface area contributed by atoms with Crippen molar-refractivity contribution in [2.75, 3.05) is 25.6 Å². The first-order valence-corrected chi connectivity index (χ1v) is 5.74. The number of carboxylic acids is 1. The summed E-state index contributed by atoms with van der Waals surface area (Å²) in [6.07, 6.45) is 0.928. The van der Waals surface area contributed by atoms with Crippen molar-refractivity contribution >= 4 is 11.8 Å². The van der Waals surface area contributed by atoms with Gasteiger partial charge in [0.2, 0.25) is 0 Å². The molecule has 18 heavy (non-hydrogen) atoms. The highest BCUT2D eigenvalue weighted by Crippen LogP contribution is 2.20. The highest BCUT2D eigenvalue weighted by Gasteiger charge is 2.17. The molecule has 0 aliphatic rings. The highest BCUT2D eigenvalue weighted by atomic mass is 16.5. The first-order valence-electron chi connectivity index (χ1n) is 5.74. The number of methoxy groups -OCH3 is 1. The Bertz CT molecular complexity index is 390. The zero-order chi connectivity index (χ0) is 13.6. The van der Waals surface area contributed by atoms with E-state index in [4.69, 9.17) is 9.84 Å². The summed E-state index contributed by atoms with van der Waals surface area (Å²) in [5.41, 5.74) is 0.0163. The van der Waals surface area contributed by atoms with Crippen LogP contribution in [0.25, 0.3) is 0 Å². The van der Waals surface area contributed by atoms with Crippen LogP contribution >= 0.6 is 0 Å². The second kappa shape index (κ2) is 6.30. The van der Waals surface area contributed by atoms with Crippen molar-refractivity contribution in [2.24, 2.45) is 5.41 Å². The lowest BCUT2D eigenvalue weighted by atomic mass is 9.90. The van der Waals surface area contributed by atoms with Crippen LogP contribution in [-0.2, 0) is 4.74 Å². The van der Waals surface area contributed by atoms with E-state index in [1.165, 1.54) is 6.07 Å². The first kappa shape index (κ1) is 14.4. The van der Waals surface area contributed by atoms with Crippen molar-refractivity contribution in [3.8, 4) is 0 Å². The fourth-order valence-electron chi connectivity index (χ4n) is 1.34. The quantitative estimate of drug-likeness (QED) is 0.768. The van der Waals surface area contributed by atoms with E-state index in [0.717, 1.165) is 13.0 Å². The third-order valence-electron chi connectivity index (χ3n) is 2.61. The Balaban J connectivity index is 2.50. The number of carbonyl (C=O) groups is 1. The maximum absolute atomic E-state index is 10.6. The Morgan fingerprint density at radius 2 is 2.17 bits per heavy atom. The van der Waals surface area contributed by atoms with Crippen LogP contribution in [0.1, 0.15) is 30.8 Å². The second-order valence-corrected chi connectivity index (χ2v) is 4.87. The van der Waals surface area contributed by atoms with Gasteiger partial charge in [0.15, 0.2) is 5.69 Å². The molecule has 0 aromatic carbocycles. The molecule has 0 amide bonds. The van der Waals surface area contributed by atoms with Gasteiger partial charge >= 0.3 is 5.97 Å². The minimum Gasteiger partial charge on any atom is -0.476 e. The van der Waals surface area contributed by atoms with E-state index in [9.17, 15) is 4.79 Å². The third-order valence-corrected chi connectivity index (χ3v) is 2.61. The minimum absolute atomic E-state index is 0.0563. The predicted octanol–water partition coefficient (Wildman–Crippen LogP) is 1.65. The van der Waals surface area contributed by atoms with Gasteiger partial charge in [-0.2, -0.15) is 0 Å². The van der Waals surface area contributed by atoms with Crippen LogP contribution in [0.15, 0.2) is 12.1 Å². The smallest absolute Gasteiger partial charge is 0.356 e. The van der Waals surface area contributed by atoms with Gasteiger partial charge in [0.25, 0.3) is 0 Å². The Kier molecular flexibility index (Phi) is 5.03. The number of aromatic carboxylic acids is 1. The molecular formula is C12H19N3O3. The van der Waals surface area contributed by atoms with E-state index in [-0.39, 0.29) is 11.1 Å². The lowest BCUT2D eigenvalue weighted by Crippen LogP contribution is -2.25. The summed E-state index contributed by atoms with van der Waals surface area (Å²) in [7, 11) is 1.68. The molecule has 100 valence electrons. The fourth-order valence-corrected chi connectivity index (χ4v) is 1.34. The molecule has 1 aromatic rings. The maximum atomic E-state index is 10.6. The van der Waals surface area contributed by atoms with Crippen LogP contribution < -0.4 is 5.32 Å². The molecule has 0 spiro atoms. The van der Waals surface area contributed by atoms with E-state index in [1.54, 1.807) is 13.2 Å². The van der Waals surface area contributed by atoms with Crippen molar-refractivity contribution in [1.29, 1.82) is 0 Å². The largest absolute Gasteiger partial charge is 0.476 e. The number of anilines is 1. The lowest BCUT2D eigenvalue weighted by molar-refractivity contribution is 0.0689. The first-order chi connectivity index (χ1) is 8.44. The average molecular weight is 253 g/mol. The van der Waals surface area contributed by atoms with Gasteiger partial charge in [0.1, 0.15) is 5.82 Å². The number of hydrogen-bond acceptors (Lipinski definition) is 5. The van der Waals surface area contributed by atoms with E-state index in [0.29, 0.717) is 12.4 Å². The van der Waals surface area contributed by atoms with Gasteiger partial charge in [-0.3, -0.25) is 0 Å². The van der Waals surface area contributed by atoms with Gasteiger partial charge in [-0.15, -0.1) is 10.2 Å². The summed E-state index contributed by atoms with van der Waals surface area (Å²) in [4.78, 5) is 10.6. The summed E-state index contributed by atoms with van der Waals surface area (Å²) < 4.78 is 5.05. The second-order valence-electron chi connectivity index (χ2n) is 4.87. The monoisotopic (exact) mass is 253 g/mol. The molecule has 0 bridgehead atoms. The summed E-state index contributed by atoms with van der Waals surface area (Å²) in [6, 6.07) is 3.04. The molecule has 0 radical (unpaired) electrons. The van der Waals surface area contributed by atoms with E-state index in [1.807, 2.05) is 0 Å². The molecular weight excluding hydrogens is 234 g/mol. The zero-order valence-electron chi connectivity index (χ0n) is 10.9. The van der Waals surface area contributed by atoms with E-state index in [2.05, 4.69) is 29.4 Å². The van der Waals surface area contributed by atoms with Crippen molar-refractivity contribution in [1.82, 2.24) is 10.2 Å². The summed E-state index contributed by atoms with van der Waals surface area (Å²) in [5.74, 6) is -0.500. The number of hydrogen-bond donors (Lipinski definition) is 2. The van der Waals surface area contributed by atoms with E-state index < -0.39 is 5.97 Å². The average Bonchev–Trinajstić information content (AvgIpc) is 2.35. The third kappa shape index (κ3) is 4.67. The number of ether oxygens (including phenoxy) is 1. The zero-order valence-corrected chi connectivity index (χ0v) is 10.9. The summed E-state index contributed by atoms with van der Waals surface area (Å²) in [5, 5.41) is 19.2. The van der Waals surface area contributed by atoms with Crippen LogP contribution in [0, 0.1) is 5.41 Å². The molecule has 0 aliphatic heterocycles. The Hall–Kier alpha value is -1.69. The molecule has 0 aliphatic carbocycles. The number of nitrogens with one attached hydrogen (secondary N) is 1. The minimum atomic E-state index is -1.07. The standard InChI is InChI=1S/C12H19N3O3/c1-12(2,6-7-18-3)8-13-10-5-4-9(11(16)17)14-15-10/h4-5H,6-8H2,1-3H3,(H,13,15)(H,16,17). The van der Waals surface area contributed by atoms with Gasteiger partial charge < -0.3 is 15.2 Å². The molecule has 6 heteroatoms. The van der Waals surface area contributed by atoms with Crippen molar-refractivity contribution in [3.05, 3.63) is 17.8 Å². The predicted molar refractivity (Wildman–Crippen MR) is 67.8 cm³/mol. The molecule has 0 unspecified atom stereocenters. The molecule has 2 N–H and O–H groups in total. The molecule has 6 nitrogen and oxygen atoms in total. The molecule has 0 saturated carbocycles. The highest BCUT2D eigenvalue weighted by molar-refractivity contribution is 5.85. The Morgan fingerprint density at radius 3 is 2.67 bits per heavy atom. The number of rotatable bonds is 7. The molecule has 0 atom stereocenters. The molecule has 1 rings (SSSR count). The molecule has 0 fully saturated rings. The fraction of sp³-hybridized carbons (Fsp3) is 0.583. The normalized spacial score (nSPS) is 11.3. The van der Waals surface area contributed by atoms with Crippen molar-refractivity contribution < 1.29 is 14.6 Å². The van der Waals surface area contributed by atoms with Crippen molar-refractivity contribution in [2.45, 2.75) is 20.3 Å². The summed E-state index contributed by atoms with van der Waals surface area (Å²) >= 11 is 0. The van der Waals surface area contributed by atoms with Gasteiger partial charge in [-0.1, -0.05) is 13.8 Å². The molecule has 1 aromatic heterocycles. The topological polar surface area (TPSA) is 84.3 Å². The van der Waals surface area contributed by atoms with Gasteiger partial charge in [0.05, 0.1) is 0 Å². The molecule has 1 heterocycles. The van der Waals surface area contributed by atoms with Crippen molar-refractivity contribution in [3.63, 3.8) is 0 Å². The van der Waals surface area contributed by atoms with Crippen LogP contribution in [0.2, 0.25) is 0 Å². The number of nitrogens with zero attached hydrogens (tertiary/aromatic N) is 2. The van der Waals surface area contributed by atoms with Gasteiger partial charge in [-0.25, -0.2) is 4.79 Å². The Labute approximate surface area is 106 Å². The number of carboxylic acid groups (broad SMARTS) is 1. The lowest BCUT2D eigenvalue weighted by Gasteiger charge is -2.24. The van der Waals surface area contributed by atoms with Crippen LogP contribution in [0.5, 0.6) is 0 Å². The van der Waals surface area contributed by atoms with Crippen LogP contribution in [0.3, 0.4) is 0 Å². The number of aromatic nitrogens is 2. The van der Waals surface area contributed by atoms with E-state index >= 15 is 0 Å².